The van der Waals surface area contributed by atoms with Crippen LogP contribution in [0, 0.1) is 17.5 Å². The van der Waals surface area contributed by atoms with E-state index in [2.05, 4.69) is 15.8 Å². The van der Waals surface area contributed by atoms with E-state index in [0.717, 1.165) is 18.2 Å². The lowest BCUT2D eigenvalue weighted by molar-refractivity contribution is -0.120. The van der Waals surface area contributed by atoms with Gasteiger partial charge in [-0.2, -0.15) is 0 Å². The smallest absolute Gasteiger partial charge is 0.243 e. The molecule has 2 aromatic carbocycles. The average molecular weight is 414 g/mol. The molecule has 1 aliphatic heterocycles. The van der Waals surface area contributed by atoms with Crippen molar-refractivity contribution in [2.45, 2.75) is 12.0 Å². The maximum Gasteiger partial charge on any atom is 0.243 e. The van der Waals surface area contributed by atoms with Gasteiger partial charge >= 0.3 is 0 Å². The quantitative estimate of drug-likeness (QED) is 0.311. The molecular formula is C18H15ClF3N3O3. The fourth-order valence-corrected chi connectivity index (χ4v) is 3.24. The van der Waals surface area contributed by atoms with Gasteiger partial charge in [0.1, 0.15) is 29.2 Å². The Kier molecular flexibility index (Phi) is 5.64. The van der Waals surface area contributed by atoms with Crippen molar-refractivity contribution >= 4 is 23.3 Å². The van der Waals surface area contributed by atoms with Crippen LogP contribution in [-0.4, -0.2) is 36.6 Å². The zero-order chi connectivity index (χ0) is 20.4. The summed E-state index contributed by atoms with van der Waals surface area (Å²) in [5, 5.41) is 17.4. The average Bonchev–Trinajstić information content (AvgIpc) is 3.00. The normalized spacial score (nSPS) is 19.5. The first-order valence-corrected chi connectivity index (χ1v) is 8.48. The van der Waals surface area contributed by atoms with Gasteiger partial charge in [0.05, 0.1) is 12.7 Å². The van der Waals surface area contributed by atoms with Crippen LogP contribution in [0.4, 0.5) is 13.2 Å². The van der Waals surface area contributed by atoms with Crippen molar-refractivity contribution in [1.82, 2.24) is 10.6 Å². The van der Waals surface area contributed by atoms with Crippen molar-refractivity contribution in [3.63, 3.8) is 0 Å². The van der Waals surface area contributed by atoms with Crippen molar-refractivity contribution in [3.8, 4) is 5.75 Å². The summed E-state index contributed by atoms with van der Waals surface area (Å²) in [6, 6.07) is 4.39. The van der Waals surface area contributed by atoms with E-state index in [9.17, 15) is 23.2 Å². The van der Waals surface area contributed by atoms with E-state index in [1.54, 1.807) is 0 Å². The molecule has 1 heterocycles. The maximum atomic E-state index is 14.5. The van der Waals surface area contributed by atoms with Crippen LogP contribution in [0.3, 0.4) is 0 Å². The van der Waals surface area contributed by atoms with E-state index >= 15 is 0 Å². The topological polar surface area (TPSA) is 83.0 Å². The van der Waals surface area contributed by atoms with Gasteiger partial charge in [0.25, 0.3) is 0 Å². The molecule has 1 unspecified atom stereocenters. The van der Waals surface area contributed by atoms with Gasteiger partial charge in [-0.15, -0.1) is 0 Å². The third-order valence-electron chi connectivity index (χ3n) is 4.42. The van der Waals surface area contributed by atoms with Crippen LogP contribution in [0.15, 0.2) is 35.5 Å². The minimum atomic E-state index is -1.21. The first kappa shape index (κ1) is 19.8. The molecule has 0 aliphatic carbocycles. The molecule has 1 fully saturated rings. The van der Waals surface area contributed by atoms with Crippen LogP contribution in [0.25, 0.3) is 0 Å². The van der Waals surface area contributed by atoms with Crippen molar-refractivity contribution in [3.05, 3.63) is 63.9 Å². The molecule has 6 nitrogen and oxygen atoms in total. The predicted molar refractivity (Wildman–Crippen MR) is 95.3 cm³/mol. The molecule has 1 saturated heterocycles. The monoisotopic (exact) mass is 413 g/mol. The standard InChI is InChI=1S/C18H15ClF3N3O3/c1-28-9-5-13(21)15(14(22)6-9)11-7-23-18(26)16(11)24-17(25-27)10-3-2-8(19)4-12(10)20/h2-6,11,16,27H,7H2,1H3,(H,23,26)(H,24,25)/t11?,16-/m0/s1. The summed E-state index contributed by atoms with van der Waals surface area (Å²) in [5.74, 6) is -4.56. The number of amidine groups is 1. The summed E-state index contributed by atoms with van der Waals surface area (Å²) in [7, 11) is 1.27. The highest BCUT2D eigenvalue weighted by atomic mass is 35.5. The molecule has 0 radical (unpaired) electrons. The highest BCUT2D eigenvalue weighted by Gasteiger charge is 2.40. The van der Waals surface area contributed by atoms with Crippen LogP contribution < -0.4 is 15.4 Å². The van der Waals surface area contributed by atoms with E-state index in [4.69, 9.17) is 16.3 Å². The van der Waals surface area contributed by atoms with Crippen molar-refractivity contribution < 1.29 is 27.9 Å². The summed E-state index contributed by atoms with van der Waals surface area (Å²) in [6.45, 7) is -0.0710. The molecule has 0 saturated carbocycles. The summed E-state index contributed by atoms with van der Waals surface area (Å²) in [4.78, 5) is 12.2. The lowest BCUT2D eigenvalue weighted by atomic mass is 9.92. The van der Waals surface area contributed by atoms with Crippen LogP contribution in [0.1, 0.15) is 17.0 Å². The van der Waals surface area contributed by atoms with E-state index in [-0.39, 0.29) is 34.3 Å². The molecule has 3 rings (SSSR count). The fraction of sp³-hybridized carbons (Fsp3) is 0.222. The molecule has 0 bridgehead atoms. The Labute approximate surface area is 162 Å². The molecule has 3 N–H and O–H groups in total. The number of nitrogens with zero attached hydrogens (tertiary/aromatic N) is 1. The fourth-order valence-electron chi connectivity index (χ4n) is 3.08. The van der Waals surface area contributed by atoms with Crippen LogP contribution >= 0.6 is 11.6 Å². The first-order valence-electron chi connectivity index (χ1n) is 8.10. The molecule has 0 aromatic heterocycles. The molecule has 1 aliphatic rings. The number of benzene rings is 2. The molecule has 10 heteroatoms. The van der Waals surface area contributed by atoms with Gasteiger partial charge in [0, 0.05) is 35.2 Å². The van der Waals surface area contributed by atoms with E-state index in [0.29, 0.717) is 0 Å². The number of amides is 1. The highest BCUT2D eigenvalue weighted by molar-refractivity contribution is 6.30. The number of hydrogen-bond acceptors (Lipinski definition) is 4. The van der Waals surface area contributed by atoms with Gasteiger partial charge < -0.3 is 20.6 Å². The van der Waals surface area contributed by atoms with Gasteiger partial charge in [-0.1, -0.05) is 16.8 Å². The van der Waals surface area contributed by atoms with E-state index in [1.807, 2.05) is 0 Å². The summed E-state index contributed by atoms with van der Waals surface area (Å²) < 4.78 is 47.9. The zero-order valence-corrected chi connectivity index (χ0v) is 15.2. The summed E-state index contributed by atoms with van der Waals surface area (Å²) >= 11 is 5.70. The van der Waals surface area contributed by atoms with Crippen LogP contribution in [0.2, 0.25) is 5.02 Å². The molecule has 0 spiro atoms. The minimum absolute atomic E-state index is 0.0126. The van der Waals surface area contributed by atoms with Crippen molar-refractivity contribution in [2.24, 2.45) is 5.16 Å². The number of ether oxygens (including phenoxy) is 1. The van der Waals surface area contributed by atoms with Gasteiger partial charge in [-0.3, -0.25) is 4.79 Å². The van der Waals surface area contributed by atoms with Crippen molar-refractivity contribution in [2.75, 3.05) is 13.7 Å². The Morgan fingerprint density at radius 2 is 1.93 bits per heavy atom. The second-order valence-corrected chi connectivity index (χ2v) is 6.49. The first-order chi connectivity index (χ1) is 13.3. The minimum Gasteiger partial charge on any atom is -0.497 e. The van der Waals surface area contributed by atoms with E-state index < -0.39 is 35.3 Å². The Hall–Kier alpha value is -2.94. The lowest BCUT2D eigenvalue weighted by Crippen LogP contribution is -2.43. The number of carbonyl (C=O) groups is 1. The molecule has 2 atom stereocenters. The molecule has 28 heavy (non-hydrogen) atoms. The third kappa shape index (κ3) is 3.70. The molecule has 148 valence electrons. The summed E-state index contributed by atoms with van der Waals surface area (Å²) in [5.41, 5.74) is -0.508. The molecular weight excluding hydrogens is 399 g/mol. The van der Waals surface area contributed by atoms with Gasteiger partial charge in [0.2, 0.25) is 5.91 Å². The Bertz CT molecular complexity index is 932. The van der Waals surface area contributed by atoms with Crippen LogP contribution in [0.5, 0.6) is 5.75 Å². The molecule has 2 aromatic rings. The lowest BCUT2D eigenvalue weighted by Gasteiger charge is -2.21. The predicted octanol–water partition coefficient (Wildman–Crippen LogP) is 2.77. The second-order valence-electron chi connectivity index (χ2n) is 6.05. The van der Waals surface area contributed by atoms with Crippen molar-refractivity contribution in [1.29, 1.82) is 0 Å². The van der Waals surface area contributed by atoms with Gasteiger partial charge in [-0.05, 0) is 18.2 Å². The van der Waals surface area contributed by atoms with E-state index in [1.165, 1.54) is 19.2 Å². The number of nitrogens with one attached hydrogen (secondary N) is 2. The number of oxime groups is 1. The SMILES string of the molecule is COc1cc(F)c(C2CNC(=O)[C@H]2N/C(=N/O)c2ccc(Cl)cc2F)c(F)c1. The van der Waals surface area contributed by atoms with Gasteiger partial charge in [0.15, 0.2) is 5.84 Å². The maximum absolute atomic E-state index is 14.5. The number of carbonyl (C=O) groups excluding carboxylic acids is 1. The number of rotatable bonds is 4. The third-order valence-corrected chi connectivity index (χ3v) is 4.65. The number of halogens is 4. The Balaban J connectivity index is 1.95. The Morgan fingerprint density at radius 3 is 2.50 bits per heavy atom. The number of methoxy groups -OCH3 is 1. The molecule has 1 amide bonds. The van der Waals surface area contributed by atoms with Gasteiger partial charge in [-0.25, -0.2) is 13.2 Å². The highest BCUT2D eigenvalue weighted by Crippen LogP contribution is 2.31. The largest absolute Gasteiger partial charge is 0.497 e. The van der Waals surface area contributed by atoms with Crippen LogP contribution in [-0.2, 0) is 4.79 Å². The zero-order valence-electron chi connectivity index (χ0n) is 14.5. The Morgan fingerprint density at radius 1 is 1.25 bits per heavy atom. The summed E-state index contributed by atoms with van der Waals surface area (Å²) in [6.07, 6.45) is 0. The second kappa shape index (κ2) is 7.97. The number of hydrogen-bond donors (Lipinski definition) is 3.